The minimum atomic E-state index is -0.904. The van der Waals surface area contributed by atoms with E-state index in [0.29, 0.717) is 5.56 Å². The summed E-state index contributed by atoms with van der Waals surface area (Å²) < 4.78 is 0.777. The van der Waals surface area contributed by atoms with Crippen molar-refractivity contribution >= 4 is 21.9 Å². The van der Waals surface area contributed by atoms with Crippen LogP contribution in [-0.4, -0.2) is 11.1 Å². The zero-order valence-corrected chi connectivity index (χ0v) is 13.2. The number of hydrogen-bond acceptors (Lipinski definition) is 1. The summed E-state index contributed by atoms with van der Waals surface area (Å²) in [6, 6.07) is 11.6. The van der Waals surface area contributed by atoms with Crippen molar-refractivity contribution in [2.75, 3.05) is 0 Å². The highest BCUT2D eigenvalue weighted by atomic mass is 79.9. The van der Waals surface area contributed by atoms with E-state index in [1.807, 2.05) is 18.2 Å². The van der Waals surface area contributed by atoms with E-state index in [-0.39, 0.29) is 0 Å². The fraction of sp³-hybridized carbons (Fsp3) is 0.235. The number of aryl methyl sites for hydroxylation is 2. The standard InChI is InChI=1S/C17H17BrO2/c1-3-11-5-6-13(9-12(11)4-2)15-8-7-14(18)10-16(15)17(19)20/h5-10H,3-4H2,1-2H3,(H,19,20). The SMILES string of the molecule is CCc1ccc(-c2ccc(Br)cc2C(=O)O)cc1CC. The predicted octanol–water partition coefficient (Wildman–Crippen LogP) is 4.94. The molecule has 0 heterocycles. The molecule has 0 fully saturated rings. The number of carbonyl (C=O) groups is 1. The minimum Gasteiger partial charge on any atom is -0.478 e. The smallest absolute Gasteiger partial charge is 0.336 e. The van der Waals surface area contributed by atoms with Crippen LogP contribution in [-0.2, 0) is 12.8 Å². The Labute approximate surface area is 127 Å². The molecule has 0 saturated carbocycles. The summed E-state index contributed by atoms with van der Waals surface area (Å²) in [5, 5.41) is 9.36. The first-order chi connectivity index (χ1) is 9.56. The first-order valence-electron chi connectivity index (χ1n) is 6.71. The predicted molar refractivity (Wildman–Crippen MR) is 85.3 cm³/mol. The fourth-order valence-electron chi connectivity index (χ4n) is 2.41. The number of hydrogen-bond donors (Lipinski definition) is 1. The first-order valence-corrected chi connectivity index (χ1v) is 7.51. The summed E-state index contributed by atoms with van der Waals surface area (Å²) in [5.41, 5.74) is 4.65. The molecular formula is C17H17BrO2. The van der Waals surface area contributed by atoms with Crippen LogP contribution in [0.3, 0.4) is 0 Å². The number of rotatable bonds is 4. The third-order valence-corrected chi connectivity index (χ3v) is 3.98. The van der Waals surface area contributed by atoms with Crippen LogP contribution in [0.4, 0.5) is 0 Å². The van der Waals surface area contributed by atoms with Gasteiger partial charge in [-0.1, -0.05) is 54.0 Å². The van der Waals surface area contributed by atoms with Crippen LogP contribution in [0.1, 0.15) is 35.3 Å². The largest absolute Gasteiger partial charge is 0.478 e. The molecule has 1 N–H and O–H groups in total. The van der Waals surface area contributed by atoms with Crippen LogP contribution in [0, 0.1) is 0 Å². The Morgan fingerprint density at radius 3 is 2.35 bits per heavy atom. The maximum Gasteiger partial charge on any atom is 0.336 e. The fourth-order valence-corrected chi connectivity index (χ4v) is 2.77. The molecule has 2 aromatic rings. The van der Waals surface area contributed by atoms with Gasteiger partial charge in [0.25, 0.3) is 0 Å². The van der Waals surface area contributed by atoms with Gasteiger partial charge in [0.2, 0.25) is 0 Å². The summed E-state index contributed by atoms with van der Waals surface area (Å²) in [4.78, 5) is 11.4. The van der Waals surface area contributed by atoms with E-state index >= 15 is 0 Å². The minimum absolute atomic E-state index is 0.325. The highest BCUT2D eigenvalue weighted by Crippen LogP contribution is 2.29. The maximum absolute atomic E-state index is 11.4. The lowest BCUT2D eigenvalue weighted by molar-refractivity contribution is 0.0697. The molecule has 0 atom stereocenters. The molecule has 104 valence electrons. The third kappa shape index (κ3) is 2.93. The van der Waals surface area contributed by atoms with E-state index < -0.39 is 5.97 Å². The molecule has 2 aromatic carbocycles. The van der Waals surface area contributed by atoms with Gasteiger partial charge in [-0.2, -0.15) is 0 Å². The van der Waals surface area contributed by atoms with Crippen LogP contribution in [0.15, 0.2) is 40.9 Å². The van der Waals surface area contributed by atoms with Crippen molar-refractivity contribution in [1.82, 2.24) is 0 Å². The Kier molecular flexibility index (Phi) is 4.61. The molecule has 0 aliphatic carbocycles. The molecule has 3 heteroatoms. The Balaban J connectivity index is 2.59. The molecule has 0 bridgehead atoms. The van der Waals surface area contributed by atoms with Crippen LogP contribution in [0.2, 0.25) is 0 Å². The van der Waals surface area contributed by atoms with Crippen molar-refractivity contribution in [3.8, 4) is 11.1 Å². The Bertz CT molecular complexity index is 647. The van der Waals surface area contributed by atoms with Gasteiger partial charge in [-0.25, -0.2) is 4.79 Å². The average molecular weight is 333 g/mol. The molecule has 20 heavy (non-hydrogen) atoms. The Hall–Kier alpha value is -1.61. The van der Waals surface area contributed by atoms with E-state index in [2.05, 4.69) is 41.9 Å². The monoisotopic (exact) mass is 332 g/mol. The molecule has 2 rings (SSSR count). The van der Waals surface area contributed by atoms with Gasteiger partial charge in [0.15, 0.2) is 0 Å². The van der Waals surface area contributed by atoms with Gasteiger partial charge in [-0.05, 0) is 47.2 Å². The summed E-state index contributed by atoms with van der Waals surface area (Å²) in [5.74, 6) is -0.904. The lowest BCUT2D eigenvalue weighted by Crippen LogP contribution is -2.00. The number of carboxylic acid groups (broad SMARTS) is 1. The van der Waals surface area contributed by atoms with Gasteiger partial charge in [0.1, 0.15) is 0 Å². The summed E-state index contributed by atoms with van der Waals surface area (Å²) in [7, 11) is 0. The molecule has 0 aromatic heterocycles. The van der Waals surface area contributed by atoms with Crippen molar-refractivity contribution in [3.05, 3.63) is 57.6 Å². The van der Waals surface area contributed by atoms with Crippen molar-refractivity contribution in [2.24, 2.45) is 0 Å². The van der Waals surface area contributed by atoms with Crippen molar-refractivity contribution in [3.63, 3.8) is 0 Å². The summed E-state index contributed by atoms with van der Waals surface area (Å²) in [6.07, 6.45) is 1.95. The normalized spacial score (nSPS) is 10.6. The molecule has 0 unspecified atom stereocenters. The van der Waals surface area contributed by atoms with Crippen LogP contribution < -0.4 is 0 Å². The van der Waals surface area contributed by atoms with Gasteiger partial charge in [-0.15, -0.1) is 0 Å². The second-order valence-electron chi connectivity index (χ2n) is 4.69. The van der Waals surface area contributed by atoms with E-state index in [4.69, 9.17) is 0 Å². The molecular weight excluding hydrogens is 316 g/mol. The molecule has 0 aliphatic rings. The Morgan fingerprint density at radius 2 is 1.75 bits per heavy atom. The number of benzene rings is 2. The van der Waals surface area contributed by atoms with E-state index in [9.17, 15) is 9.90 Å². The zero-order valence-electron chi connectivity index (χ0n) is 11.6. The third-order valence-electron chi connectivity index (χ3n) is 3.49. The summed E-state index contributed by atoms with van der Waals surface area (Å²) >= 11 is 3.32. The Morgan fingerprint density at radius 1 is 1.05 bits per heavy atom. The van der Waals surface area contributed by atoms with Crippen molar-refractivity contribution < 1.29 is 9.90 Å². The van der Waals surface area contributed by atoms with Gasteiger partial charge in [0.05, 0.1) is 5.56 Å². The molecule has 0 saturated heterocycles. The molecule has 0 spiro atoms. The molecule has 0 aliphatic heterocycles. The lowest BCUT2D eigenvalue weighted by atomic mass is 9.94. The van der Waals surface area contributed by atoms with Crippen LogP contribution >= 0.6 is 15.9 Å². The zero-order chi connectivity index (χ0) is 14.7. The lowest BCUT2D eigenvalue weighted by Gasteiger charge is -2.11. The second kappa shape index (κ2) is 6.23. The highest BCUT2D eigenvalue weighted by Gasteiger charge is 2.13. The van der Waals surface area contributed by atoms with Crippen molar-refractivity contribution in [1.29, 1.82) is 0 Å². The maximum atomic E-state index is 11.4. The van der Waals surface area contributed by atoms with Gasteiger partial charge >= 0.3 is 5.97 Å². The van der Waals surface area contributed by atoms with Gasteiger partial charge in [0, 0.05) is 4.47 Å². The van der Waals surface area contributed by atoms with Crippen LogP contribution in [0.25, 0.3) is 11.1 Å². The van der Waals surface area contributed by atoms with Gasteiger partial charge in [-0.3, -0.25) is 0 Å². The van der Waals surface area contributed by atoms with E-state index in [0.717, 1.165) is 28.4 Å². The summed E-state index contributed by atoms with van der Waals surface area (Å²) in [6.45, 7) is 4.26. The number of halogens is 1. The van der Waals surface area contributed by atoms with Crippen LogP contribution in [0.5, 0.6) is 0 Å². The number of aromatic carboxylic acids is 1. The van der Waals surface area contributed by atoms with E-state index in [1.54, 1.807) is 6.07 Å². The second-order valence-corrected chi connectivity index (χ2v) is 5.60. The molecule has 0 amide bonds. The highest BCUT2D eigenvalue weighted by molar-refractivity contribution is 9.10. The van der Waals surface area contributed by atoms with Crippen molar-refractivity contribution in [2.45, 2.75) is 26.7 Å². The first kappa shape index (κ1) is 14.8. The molecule has 2 nitrogen and oxygen atoms in total. The number of carboxylic acids is 1. The molecule has 0 radical (unpaired) electrons. The van der Waals surface area contributed by atoms with Gasteiger partial charge < -0.3 is 5.11 Å². The van der Waals surface area contributed by atoms with E-state index in [1.165, 1.54) is 11.1 Å². The average Bonchev–Trinajstić information content (AvgIpc) is 2.46. The topological polar surface area (TPSA) is 37.3 Å². The quantitative estimate of drug-likeness (QED) is 0.860.